The van der Waals surface area contributed by atoms with Crippen LogP contribution >= 0.6 is 12.6 Å². The lowest BCUT2D eigenvalue weighted by Gasteiger charge is -2.02. The highest BCUT2D eigenvalue weighted by Crippen LogP contribution is 2.06. The largest absolute Gasteiger partial charge is 0.175 e. The maximum Gasteiger partial charge on any atom is 0.0112 e. The molecule has 0 atom stereocenters. The smallest absolute Gasteiger partial charge is 0.0112 e. The highest BCUT2D eigenvalue weighted by molar-refractivity contribution is 7.80. The van der Waals surface area contributed by atoms with Crippen LogP contribution in [-0.2, 0) is 0 Å². The Hall–Kier alpha value is 0.0900. The van der Waals surface area contributed by atoms with E-state index in [0.717, 1.165) is 5.75 Å². The highest BCUT2D eigenvalue weighted by atomic mass is 32.1. The van der Waals surface area contributed by atoms with Gasteiger partial charge in [0.25, 0.3) is 0 Å². The van der Waals surface area contributed by atoms with Crippen LogP contribution in [0.25, 0.3) is 0 Å². The van der Waals surface area contributed by atoms with Crippen molar-refractivity contribution in [3.05, 3.63) is 12.2 Å². The Morgan fingerprint density at radius 2 is 2.14 bits per heavy atom. The minimum atomic E-state index is 0.595. The van der Waals surface area contributed by atoms with Crippen molar-refractivity contribution in [3.63, 3.8) is 0 Å². The lowest BCUT2D eigenvalue weighted by molar-refractivity contribution is 0.777. The summed E-state index contributed by atoms with van der Waals surface area (Å²) in [6.07, 6.45) is 0. The van der Waals surface area contributed by atoms with Crippen molar-refractivity contribution in [2.45, 2.75) is 13.8 Å². The van der Waals surface area contributed by atoms with Crippen LogP contribution in [-0.4, -0.2) is 5.75 Å². The normalized spacial score (nSPS) is 9.71. The second-order valence-electron chi connectivity index (χ2n) is 1.97. The molecule has 0 nitrogen and oxygen atoms in total. The summed E-state index contributed by atoms with van der Waals surface area (Å²) < 4.78 is 0. The van der Waals surface area contributed by atoms with Gasteiger partial charge in [0.05, 0.1) is 0 Å². The van der Waals surface area contributed by atoms with E-state index >= 15 is 0 Å². The third-order valence-corrected chi connectivity index (χ3v) is 1.43. The molecular weight excluding hydrogens is 104 g/mol. The van der Waals surface area contributed by atoms with E-state index in [2.05, 4.69) is 33.1 Å². The average molecular weight is 116 g/mol. The molecule has 0 aliphatic carbocycles. The van der Waals surface area contributed by atoms with Crippen LogP contribution in [0.3, 0.4) is 0 Å². The van der Waals surface area contributed by atoms with Crippen molar-refractivity contribution < 1.29 is 0 Å². The van der Waals surface area contributed by atoms with Crippen molar-refractivity contribution in [1.82, 2.24) is 0 Å². The van der Waals surface area contributed by atoms with Gasteiger partial charge in [-0.2, -0.15) is 12.6 Å². The summed E-state index contributed by atoms with van der Waals surface area (Å²) in [5.74, 6) is 1.41. The SMILES string of the molecule is C=C(CS)C(C)C. The van der Waals surface area contributed by atoms with Gasteiger partial charge in [0.2, 0.25) is 0 Å². The Morgan fingerprint density at radius 1 is 1.71 bits per heavy atom. The molecule has 0 saturated carbocycles. The van der Waals surface area contributed by atoms with Crippen molar-refractivity contribution >= 4 is 12.6 Å². The molecule has 0 saturated heterocycles. The Bertz CT molecular complexity index is 64.6. The summed E-state index contributed by atoms with van der Waals surface area (Å²) in [6, 6.07) is 0. The number of hydrogen-bond donors (Lipinski definition) is 1. The maximum absolute atomic E-state index is 4.06. The first-order chi connectivity index (χ1) is 3.18. The summed E-state index contributed by atoms with van der Waals surface area (Å²) in [4.78, 5) is 0. The molecular formula is C6H12S. The molecule has 0 radical (unpaired) electrons. The monoisotopic (exact) mass is 116 g/mol. The first-order valence-corrected chi connectivity index (χ1v) is 3.10. The molecule has 0 heterocycles. The van der Waals surface area contributed by atoms with E-state index in [-0.39, 0.29) is 0 Å². The van der Waals surface area contributed by atoms with E-state index in [1.54, 1.807) is 0 Å². The van der Waals surface area contributed by atoms with Gasteiger partial charge in [-0.15, -0.1) is 0 Å². The summed E-state index contributed by atoms with van der Waals surface area (Å²) in [6.45, 7) is 8.04. The third kappa shape index (κ3) is 2.75. The van der Waals surface area contributed by atoms with Crippen LogP contribution in [0.15, 0.2) is 12.2 Å². The molecule has 0 rings (SSSR count). The van der Waals surface area contributed by atoms with Gasteiger partial charge in [0, 0.05) is 5.75 Å². The molecule has 0 aliphatic rings. The zero-order chi connectivity index (χ0) is 5.86. The standard InChI is InChI=1S/C6H12S/c1-5(2)6(3)4-7/h5,7H,3-4H2,1-2H3. The molecule has 0 amide bonds. The van der Waals surface area contributed by atoms with Crippen LogP contribution in [0.5, 0.6) is 0 Å². The molecule has 0 spiro atoms. The lowest BCUT2D eigenvalue weighted by Crippen LogP contribution is -1.91. The summed E-state index contributed by atoms with van der Waals surface area (Å²) in [5.41, 5.74) is 1.21. The van der Waals surface area contributed by atoms with Crippen molar-refractivity contribution in [2.24, 2.45) is 5.92 Å². The zero-order valence-corrected chi connectivity index (χ0v) is 5.83. The third-order valence-electron chi connectivity index (χ3n) is 1.02. The predicted molar refractivity (Wildman–Crippen MR) is 37.8 cm³/mol. The van der Waals surface area contributed by atoms with Gasteiger partial charge in [0.15, 0.2) is 0 Å². The van der Waals surface area contributed by atoms with Crippen LogP contribution in [0.1, 0.15) is 13.8 Å². The first-order valence-electron chi connectivity index (χ1n) is 2.47. The van der Waals surface area contributed by atoms with E-state index in [4.69, 9.17) is 0 Å². The van der Waals surface area contributed by atoms with Crippen LogP contribution < -0.4 is 0 Å². The molecule has 0 N–H and O–H groups in total. The molecule has 7 heavy (non-hydrogen) atoms. The fourth-order valence-corrected chi connectivity index (χ4v) is 0.548. The minimum Gasteiger partial charge on any atom is -0.175 e. The van der Waals surface area contributed by atoms with Gasteiger partial charge in [-0.05, 0) is 5.92 Å². The predicted octanol–water partition coefficient (Wildman–Crippen LogP) is 2.13. The van der Waals surface area contributed by atoms with Crippen LogP contribution in [0.2, 0.25) is 0 Å². The van der Waals surface area contributed by atoms with Crippen LogP contribution in [0.4, 0.5) is 0 Å². The number of thiol groups is 1. The number of hydrogen-bond acceptors (Lipinski definition) is 1. The number of rotatable bonds is 2. The summed E-state index contributed by atoms with van der Waals surface area (Å²) in [7, 11) is 0. The Balaban J connectivity index is 3.35. The van der Waals surface area contributed by atoms with Gasteiger partial charge in [-0.3, -0.25) is 0 Å². The highest BCUT2D eigenvalue weighted by Gasteiger charge is 1.93. The molecule has 0 fully saturated rings. The average Bonchev–Trinajstić information content (AvgIpc) is 1.65. The van der Waals surface area contributed by atoms with E-state index in [1.807, 2.05) is 0 Å². The molecule has 0 unspecified atom stereocenters. The molecule has 0 aromatic rings. The molecule has 0 bridgehead atoms. The van der Waals surface area contributed by atoms with E-state index in [1.165, 1.54) is 5.57 Å². The molecule has 42 valence electrons. The fraction of sp³-hybridized carbons (Fsp3) is 0.667. The van der Waals surface area contributed by atoms with Crippen molar-refractivity contribution in [1.29, 1.82) is 0 Å². The van der Waals surface area contributed by atoms with Gasteiger partial charge >= 0.3 is 0 Å². The minimum absolute atomic E-state index is 0.595. The molecule has 1 heteroatoms. The van der Waals surface area contributed by atoms with Gasteiger partial charge < -0.3 is 0 Å². The molecule has 0 aromatic heterocycles. The van der Waals surface area contributed by atoms with Crippen LogP contribution in [0, 0.1) is 5.92 Å². The van der Waals surface area contributed by atoms with Crippen molar-refractivity contribution in [2.75, 3.05) is 5.75 Å². The lowest BCUT2D eigenvalue weighted by atomic mass is 10.1. The first kappa shape index (κ1) is 7.09. The zero-order valence-electron chi connectivity index (χ0n) is 4.94. The van der Waals surface area contributed by atoms with Crippen molar-refractivity contribution in [3.8, 4) is 0 Å². The van der Waals surface area contributed by atoms with E-state index < -0.39 is 0 Å². The maximum atomic E-state index is 4.06. The molecule has 0 aromatic carbocycles. The molecule has 0 aliphatic heterocycles. The van der Waals surface area contributed by atoms with Gasteiger partial charge in [0.1, 0.15) is 0 Å². The Labute approximate surface area is 51.0 Å². The second-order valence-corrected chi connectivity index (χ2v) is 2.29. The fourth-order valence-electron chi connectivity index (χ4n) is 0.183. The Morgan fingerprint density at radius 3 is 2.14 bits per heavy atom. The van der Waals surface area contributed by atoms with Gasteiger partial charge in [-0.1, -0.05) is 26.0 Å². The second kappa shape index (κ2) is 3.14. The quantitative estimate of drug-likeness (QED) is 0.414. The Kier molecular flexibility index (Phi) is 3.18. The van der Waals surface area contributed by atoms with E-state index in [0.29, 0.717) is 5.92 Å². The van der Waals surface area contributed by atoms with E-state index in [9.17, 15) is 0 Å². The van der Waals surface area contributed by atoms with Gasteiger partial charge in [-0.25, -0.2) is 0 Å². The topological polar surface area (TPSA) is 0 Å². The summed E-state index contributed by atoms with van der Waals surface area (Å²) in [5, 5.41) is 0. The summed E-state index contributed by atoms with van der Waals surface area (Å²) >= 11 is 4.06.